The summed E-state index contributed by atoms with van der Waals surface area (Å²) in [4.78, 5) is 15.9. The molecule has 8 nitrogen and oxygen atoms in total. The smallest absolute Gasteiger partial charge is 0.233 e. The zero-order valence-electron chi connectivity index (χ0n) is 16.8. The zero-order chi connectivity index (χ0) is 20.1. The number of anilines is 4. The van der Waals surface area contributed by atoms with Crippen molar-refractivity contribution >= 4 is 35.1 Å². The second-order valence-corrected chi connectivity index (χ2v) is 7.56. The monoisotopic (exact) mass is 405 g/mol. The Morgan fingerprint density at radius 3 is 2.54 bits per heavy atom. The van der Waals surface area contributed by atoms with Crippen LogP contribution in [0, 0.1) is 0 Å². The highest BCUT2D eigenvalue weighted by Gasteiger charge is 2.21. The minimum atomic E-state index is 0.211. The minimum Gasteiger partial charge on any atom is -0.495 e. The Hall–Kier alpha value is -2.32. The van der Waals surface area contributed by atoms with E-state index in [9.17, 15) is 0 Å². The maximum atomic E-state index is 6.23. The van der Waals surface area contributed by atoms with Crippen LogP contribution in [0.15, 0.2) is 18.2 Å². The Kier molecular flexibility index (Phi) is 6.74. The standard InChI is InChI=1S/C19H28ClN7O/c1-12(2)22-17-24-18(23-13-5-6-16(28-4)15(20)11-13)26-19(25-17)27(3)14-7-9-21-10-8-14/h5-6,11-12,14,21H,7-10H2,1-4H3,(H2,22,23,24,25,26). The highest BCUT2D eigenvalue weighted by molar-refractivity contribution is 6.32. The number of nitrogens with zero attached hydrogens (tertiary/aromatic N) is 4. The van der Waals surface area contributed by atoms with Gasteiger partial charge in [-0.2, -0.15) is 15.0 Å². The van der Waals surface area contributed by atoms with Gasteiger partial charge in [0.05, 0.1) is 12.1 Å². The molecule has 0 bridgehead atoms. The third kappa shape index (κ3) is 5.14. The van der Waals surface area contributed by atoms with Crippen molar-refractivity contribution in [1.82, 2.24) is 20.3 Å². The molecule has 3 rings (SSSR count). The first-order valence-electron chi connectivity index (χ1n) is 9.53. The average molecular weight is 406 g/mol. The summed E-state index contributed by atoms with van der Waals surface area (Å²) in [7, 11) is 3.63. The molecule has 9 heteroatoms. The van der Waals surface area contributed by atoms with Crippen LogP contribution in [0.2, 0.25) is 5.02 Å². The predicted octanol–water partition coefficient (Wildman–Crippen LogP) is 3.29. The molecule has 0 radical (unpaired) electrons. The molecule has 1 fully saturated rings. The maximum Gasteiger partial charge on any atom is 0.233 e. The number of methoxy groups -OCH3 is 1. The molecule has 1 saturated heterocycles. The zero-order valence-corrected chi connectivity index (χ0v) is 17.5. The van der Waals surface area contributed by atoms with Crippen molar-refractivity contribution < 1.29 is 4.74 Å². The van der Waals surface area contributed by atoms with Crippen LogP contribution in [0.5, 0.6) is 5.75 Å². The molecule has 0 unspecified atom stereocenters. The molecule has 0 spiro atoms. The summed E-state index contributed by atoms with van der Waals surface area (Å²) in [5.41, 5.74) is 0.781. The summed E-state index contributed by atoms with van der Waals surface area (Å²) >= 11 is 6.23. The topological polar surface area (TPSA) is 87.2 Å². The lowest BCUT2D eigenvalue weighted by Gasteiger charge is -2.31. The Morgan fingerprint density at radius 1 is 1.18 bits per heavy atom. The number of ether oxygens (including phenoxy) is 1. The number of aromatic nitrogens is 3. The van der Waals surface area contributed by atoms with E-state index in [-0.39, 0.29) is 6.04 Å². The molecular weight excluding hydrogens is 378 g/mol. The highest BCUT2D eigenvalue weighted by Crippen LogP contribution is 2.29. The molecule has 0 atom stereocenters. The van der Waals surface area contributed by atoms with E-state index in [4.69, 9.17) is 16.3 Å². The fourth-order valence-corrected chi connectivity index (χ4v) is 3.39. The molecule has 1 aliphatic rings. The Bertz CT molecular complexity index is 796. The van der Waals surface area contributed by atoms with Gasteiger partial charge in [-0.05, 0) is 58.0 Å². The fourth-order valence-electron chi connectivity index (χ4n) is 3.13. The predicted molar refractivity (Wildman–Crippen MR) is 114 cm³/mol. The van der Waals surface area contributed by atoms with E-state index in [0.29, 0.717) is 34.7 Å². The van der Waals surface area contributed by atoms with Gasteiger partial charge in [-0.15, -0.1) is 0 Å². The van der Waals surface area contributed by atoms with Crippen LogP contribution in [0.4, 0.5) is 23.5 Å². The van der Waals surface area contributed by atoms with Crippen LogP contribution in [-0.4, -0.2) is 54.3 Å². The Morgan fingerprint density at radius 2 is 1.89 bits per heavy atom. The summed E-state index contributed by atoms with van der Waals surface area (Å²) in [5, 5.41) is 10.4. The van der Waals surface area contributed by atoms with Crippen LogP contribution in [0.3, 0.4) is 0 Å². The van der Waals surface area contributed by atoms with Gasteiger partial charge in [0.15, 0.2) is 0 Å². The molecule has 3 N–H and O–H groups in total. The first-order valence-corrected chi connectivity index (χ1v) is 9.90. The quantitative estimate of drug-likeness (QED) is 0.646. The van der Waals surface area contributed by atoms with Gasteiger partial charge in [0.1, 0.15) is 5.75 Å². The van der Waals surface area contributed by atoms with Gasteiger partial charge in [0.2, 0.25) is 17.8 Å². The van der Waals surface area contributed by atoms with Gasteiger partial charge < -0.3 is 25.6 Å². The van der Waals surface area contributed by atoms with Crippen molar-refractivity contribution in [3.63, 3.8) is 0 Å². The number of piperidine rings is 1. The van der Waals surface area contributed by atoms with Gasteiger partial charge in [-0.25, -0.2) is 0 Å². The normalized spacial score (nSPS) is 14.8. The first kappa shape index (κ1) is 20.4. The second-order valence-electron chi connectivity index (χ2n) is 7.15. The number of halogens is 1. The van der Waals surface area contributed by atoms with E-state index < -0.39 is 0 Å². The fraction of sp³-hybridized carbons (Fsp3) is 0.526. The maximum absolute atomic E-state index is 6.23. The molecule has 28 heavy (non-hydrogen) atoms. The van der Waals surface area contributed by atoms with Crippen molar-refractivity contribution in [3.8, 4) is 5.75 Å². The third-order valence-electron chi connectivity index (χ3n) is 4.62. The van der Waals surface area contributed by atoms with Crippen molar-refractivity contribution in [3.05, 3.63) is 23.2 Å². The SMILES string of the molecule is COc1ccc(Nc2nc(NC(C)C)nc(N(C)C3CCNCC3)n2)cc1Cl. The molecule has 0 amide bonds. The van der Waals surface area contributed by atoms with Crippen molar-refractivity contribution in [2.24, 2.45) is 0 Å². The van der Waals surface area contributed by atoms with E-state index in [1.54, 1.807) is 19.2 Å². The Labute approximate surface area is 171 Å². The van der Waals surface area contributed by atoms with Crippen LogP contribution in [0.1, 0.15) is 26.7 Å². The van der Waals surface area contributed by atoms with Crippen LogP contribution in [-0.2, 0) is 0 Å². The average Bonchev–Trinajstić information content (AvgIpc) is 2.67. The number of hydrogen-bond acceptors (Lipinski definition) is 8. The highest BCUT2D eigenvalue weighted by atomic mass is 35.5. The molecule has 1 aromatic carbocycles. The summed E-state index contributed by atoms with van der Waals surface area (Å²) in [5.74, 6) is 2.28. The molecule has 1 aromatic heterocycles. The van der Waals surface area contributed by atoms with Gasteiger partial charge >= 0.3 is 0 Å². The second kappa shape index (κ2) is 9.25. The Balaban J connectivity index is 1.87. The van der Waals surface area contributed by atoms with Crippen LogP contribution in [0.25, 0.3) is 0 Å². The van der Waals surface area contributed by atoms with Crippen molar-refractivity contribution in [1.29, 1.82) is 0 Å². The number of nitrogens with one attached hydrogen (secondary N) is 3. The van der Waals surface area contributed by atoms with Gasteiger partial charge in [-0.1, -0.05) is 11.6 Å². The lowest BCUT2D eigenvalue weighted by molar-refractivity contribution is 0.415. The third-order valence-corrected chi connectivity index (χ3v) is 4.92. The summed E-state index contributed by atoms with van der Waals surface area (Å²) < 4.78 is 5.21. The number of hydrogen-bond donors (Lipinski definition) is 3. The first-order chi connectivity index (χ1) is 13.5. The molecule has 2 heterocycles. The largest absolute Gasteiger partial charge is 0.495 e. The summed E-state index contributed by atoms with van der Waals surface area (Å²) in [6.45, 7) is 6.12. The van der Waals surface area contributed by atoms with Gasteiger partial charge in [-0.3, -0.25) is 0 Å². The van der Waals surface area contributed by atoms with Crippen LogP contribution >= 0.6 is 11.6 Å². The van der Waals surface area contributed by atoms with E-state index in [1.165, 1.54) is 0 Å². The van der Waals surface area contributed by atoms with Crippen molar-refractivity contribution in [2.45, 2.75) is 38.8 Å². The van der Waals surface area contributed by atoms with Gasteiger partial charge in [0, 0.05) is 24.8 Å². The molecule has 152 valence electrons. The molecular formula is C19H28ClN7O. The van der Waals surface area contributed by atoms with Crippen molar-refractivity contribution in [2.75, 3.05) is 42.8 Å². The number of benzene rings is 1. The molecule has 1 aliphatic heterocycles. The lowest BCUT2D eigenvalue weighted by Crippen LogP contribution is -2.42. The van der Waals surface area contributed by atoms with E-state index in [2.05, 4.69) is 49.6 Å². The van der Waals surface area contributed by atoms with E-state index >= 15 is 0 Å². The summed E-state index contributed by atoms with van der Waals surface area (Å²) in [6.07, 6.45) is 2.12. The van der Waals surface area contributed by atoms with Crippen LogP contribution < -0.4 is 25.6 Å². The molecule has 2 aromatic rings. The molecule has 0 saturated carbocycles. The molecule has 0 aliphatic carbocycles. The minimum absolute atomic E-state index is 0.211. The number of rotatable bonds is 7. The van der Waals surface area contributed by atoms with E-state index in [1.807, 2.05) is 13.1 Å². The lowest BCUT2D eigenvalue weighted by atomic mass is 10.1. The summed E-state index contributed by atoms with van der Waals surface area (Å²) in [6, 6.07) is 6.08. The van der Waals surface area contributed by atoms with E-state index in [0.717, 1.165) is 31.6 Å². The van der Waals surface area contributed by atoms with Gasteiger partial charge in [0.25, 0.3) is 0 Å².